The van der Waals surface area contributed by atoms with Crippen molar-refractivity contribution >= 4 is 46.6 Å². The summed E-state index contributed by atoms with van der Waals surface area (Å²) < 4.78 is 20.9. The van der Waals surface area contributed by atoms with Crippen molar-refractivity contribution in [3.05, 3.63) is 51.3 Å². The number of ether oxygens (including phenoxy) is 3. The number of terminal acetylenes is 1. The fraction of sp³-hybridized carbons (Fsp3) is 0.227. The molecule has 1 aromatic heterocycles. The molecule has 0 saturated carbocycles. The van der Waals surface area contributed by atoms with Gasteiger partial charge in [-0.25, -0.2) is 4.79 Å². The lowest BCUT2D eigenvalue weighted by Gasteiger charge is -2.13. The second-order valence-electron chi connectivity index (χ2n) is 6.28. The van der Waals surface area contributed by atoms with Gasteiger partial charge in [-0.15, -0.1) is 6.42 Å². The van der Waals surface area contributed by atoms with Crippen LogP contribution in [0.15, 0.2) is 33.6 Å². The van der Waals surface area contributed by atoms with E-state index in [1.165, 1.54) is 25.3 Å². The van der Waals surface area contributed by atoms with E-state index in [1.54, 1.807) is 19.1 Å². The molecule has 0 N–H and O–H groups in total. The third-order valence-corrected chi connectivity index (χ3v) is 5.35. The molecule has 166 valence electrons. The van der Waals surface area contributed by atoms with E-state index in [1.807, 2.05) is 0 Å². The zero-order valence-electron chi connectivity index (χ0n) is 17.2. The Morgan fingerprint density at radius 3 is 2.78 bits per heavy atom. The molecule has 0 aliphatic carbocycles. The first-order valence-corrected chi connectivity index (χ1v) is 10.5. The van der Waals surface area contributed by atoms with Gasteiger partial charge in [0.15, 0.2) is 11.5 Å². The number of rotatable bonds is 8. The average Bonchev–Trinajstić information content (AvgIpc) is 3.33. The van der Waals surface area contributed by atoms with E-state index in [-0.39, 0.29) is 34.6 Å². The summed E-state index contributed by atoms with van der Waals surface area (Å²) in [4.78, 5) is 37.9. The Morgan fingerprint density at radius 1 is 1.31 bits per heavy atom. The number of amides is 2. The minimum Gasteiger partial charge on any atom is -0.490 e. The molecule has 0 radical (unpaired) electrons. The van der Waals surface area contributed by atoms with Crippen LogP contribution >= 0.6 is 23.4 Å². The van der Waals surface area contributed by atoms with Gasteiger partial charge in [-0.1, -0.05) is 17.5 Å². The second-order valence-corrected chi connectivity index (χ2v) is 7.68. The zero-order chi connectivity index (χ0) is 23.3. The number of hydrogen-bond acceptors (Lipinski definition) is 8. The quantitative estimate of drug-likeness (QED) is 0.315. The first-order valence-electron chi connectivity index (χ1n) is 9.32. The molecule has 1 saturated heterocycles. The number of hydrogen-bond donors (Lipinski definition) is 0. The van der Waals surface area contributed by atoms with Gasteiger partial charge in [-0.05, 0) is 54.6 Å². The number of carbonyl (C=O) groups is 3. The average molecular weight is 476 g/mol. The molecule has 0 atom stereocenters. The molecule has 0 unspecified atom stereocenters. The van der Waals surface area contributed by atoms with Crippen molar-refractivity contribution < 1.29 is 33.0 Å². The summed E-state index contributed by atoms with van der Waals surface area (Å²) in [6.07, 6.45) is 6.77. The van der Waals surface area contributed by atoms with Crippen molar-refractivity contribution in [3.8, 4) is 23.8 Å². The first kappa shape index (κ1) is 23.3. The maximum atomic E-state index is 12.8. The van der Waals surface area contributed by atoms with Crippen LogP contribution in [0.3, 0.4) is 0 Å². The highest BCUT2D eigenvalue weighted by Crippen LogP contribution is 2.39. The highest BCUT2D eigenvalue weighted by atomic mass is 35.5. The number of carbonyl (C=O) groups excluding carboxylic acids is 3. The zero-order valence-corrected chi connectivity index (χ0v) is 18.7. The minimum atomic E-state index is -0.651. The Morgan fingerprint density at radius 2 is 2.09 bits per heavy atom. The Bertz CT molecular complexity index is 1130. The molecule has 1 aliphatic heterocycles. The Balaban J connectivity index is 1.83. The summed E-state index contributed by atoms with van der Waals surface area (Å²) in [5, 5.41) is -0.218. The summed E-state index contributed by atoms with van der Waals surface area (Å²) in [5.41, 5.74) is 0.544. The number of benzene rings is 1. The Labute approximate surface area is 193 Å². The number of methoxy groups -OCH3 is 1. The lowest BCUT2D eigenvalue weighted by atomic mass is 10.1. The second kappa shape index (κ2) is 10.3. The maximum Gasteiger partial charge on any atom is 0.373 e. The molecule has 10 heteroatoms. The monoisotopic (exact) mass is 475 g/mol. The van der Waals surface area contributed by atoms with Gasteiger partial charge in [-0.2, -0.15) is 0 Å². The van der Waals surface area contributed by atoms with Crippen LogP contribution in [-0.2, 0) is 16.1 Å². The molecule has 0 spiro atoms. The lowest BCUT2D eigenvalue weighted by molar-refractivity contribution is -0.123. The van der Waals surface area contributed by atoms with Crippen molar-refractivity contribution in [2.45, 2.75) is 13.5 Å². The van der Waals surface area contributed by atoms with Crippen molar-refractivity contribution in [1.82, 2.24) is 4.90 Å². The van der Waals surface area contributed by atoms with Gasteiger partial charge in [-0.3, -0.25) is 14.5 Å². The van der Waals surface area contributed by atoms with E-state index < -0.39 is 17.1 Å². The number of nitrogens with zero attached hydrogens (tertiary/aromatic N) is 1. The van der Waals surface area contributed by atoms with E-state index in [0.717, 1.165) is 16.7 Å². The van der Waals surface area contributed by atoms with Crippen molar-refractivity contribution in [1.29, 1.82) is 0 Å². The summed E-state index contributed by atoms with van der Waals surface area (Å²) in [5.74, 6) is 2.13. The SMILES string of the molecule is C#CCOc1c(Cl)cc(/C=C2/SC(=O)N(Cc3ccc(C(=O)OC)o3)C2=O)cc1OCC. The smallest absolute Gasteiger partial charge is 0.373 e. The van der Waals surface area contributed by atoms with Crippen LogP contribution in [0.25, 0.3) is 6.08 Å². The van der Waals surface area contributed by atoms with Crippen LogP contribution in [0.4, 0.5) is 4.79 Å². The first-order chi connectivity index (χ1) is 15.4. The van der Waals surface area contributed by atoms with Crippen LogP contribution in [0.1, 0.15) is 28.8 Å². The van der Waals surface area contributed by atoms with Crippen LogP contribution in [0.2, 0.25) is 5.02 Å². The number of furan rings is 1. The lowest BCUT2D eigenvalue weighted by Crippen LogP contribution is -2.27. The fourth-order valence-corrected chi connectivity index (χ4v) is 3.92. The summed E-state index contributed by atoms with van der Waals surface area (Å²) in [7, 11) is 1.22. The van der Waals surface area contributed by atoms with Gasteiger partial charge in [0.25, 0.3) is 11.1 Å². The molecule has 32 heavy (non-hydrogen) atoms. The number of thioether (sulfide) groups is 1. The third kappa shape index (κ3) is 5.10. The van der Waals surface area contributed by atoms with Crippen LogP contribution in [-0.4, -0.2) is 42.3 Å². The summed E-state index contributed by atoms with van der Waals surface area (Å²) in [6.45, 7) is 2.06. The topological polar surface area (TPSA) is 95.3 Å². The molecule has 0 bridgehead atoms. The molecule has 1 aliphatic rings. The molecule has 2 aromatic rings. The van der Waals surface area contributed by atoms with Crippen LogP contribution in [0, 0.1) is 12.3 Å². The summed E-state index contributed by atoms with van der Waals surface area (Å²) in [6, 6.07) is 6.14. The van der Waals surface area contributed by atoms with Crippen LogP contribution in [0.5, 0.6) is 11.5 Å². The number of imide groups is 1. The van der Waals surface area contributed by atoms with Gasteiger partial charge in [0.05, 0.1) is 30.2 Å². The maximum absolute atomic E-state index is 12.8. The van der Waals surface area contributed by atoms with Crippen LogP contribution < -0.4 is 9.47 Å². The van der Waals surface area contributed by atoms with Crippen molar-refractivity contribution in [2.75, 3.05) is 20.3 Å². The highest BCUT2D eigenvalue weighted by molar-refractivity contribution is 8.18. The predicted molar refractivity (Wildman–Crippen MR) is 119 cm³/mol. The van der Waals surface area contributed by atoms with E-state index in [0.29, 0.717) is 23.7 Å². The van der Waals surface area contributed by atoms with Gasteiger partial charge in [0.2, 0.25) is 5.76 Å². The van der Waals surface area contributed by atoms with Crippen molar-refractivity contribution in [3.63, 3.8) is 0 Å². The molecule has 3 rings (SSSR count). The Kier molecular flexibility index (Phi) is 7.51. The van der Waals surface area contributed by atoms with Gasteiger partial charge >= 0.3 is 5.97 Å². The predicted octanol–water partition coefficient (Wildman–Crippen LogP) is 4.37. The minimum absolute atomic E-state index is 0.0164. The highest BCUT2D eigenvalue weighted by Gasteiger charge is 2.36. The fourth-order valence-electron chi connectivity index (χ4n) is 2.80. The number of halogens is 1. The van der Waals surface area contributed by atoms with Crippen molar-refractivity contribution in [2.24, 2.45) is 0 Å². The largest absolute Gasteiger partial charge is 0.490 e. The third-order valence-electron chi connectivity index (χ3n) is 4.17. The van der Waals surface area contributed by atoms with E-state index in [9.17, 15) is 14.4 Å². The van der Waals surface area contributed by atoms with Gasteiger partial charge in [0, 0.05) is 0 Å². The van der Waals surface area contributed by atoms with E-state index in [4.69, 9.17) is 31.9 Å². The van der Waals surface area contributed by atoms with Gasteiger partial charge < -0.3 is 18.6 Å². The Hall–Kier alpha value is -3.35. The standard InChI is InChI=1S/C22H18ClNO7S/c1-4-8-30-19-15(23)9-13(10-17(19)29-5-2)11-18-20(25)24(22(27)32-18)12-14-6-7-16(31-14)21(26)28-3/h1,6-7,9-11H,5,8,12H2,2-3H3/b18-11+. The molecular formula is C22H18ClNO7S. The molecule has 2 amide bonds. The van der Waals surface area contributed by atoms with E-state index in [2.05, 4.69) is 10.7 Å². The molecule has 8 nitrogen and oxygen atoms in total. The molecular weight excluding hydrogens is 458 g/mol. The number of esters is 1. The van der Waals surface area contributed by atoms with E-state index >= 15 is 0 Å². The summed E-state index contributed by atoms with van der Waals surface area (Å²) >= 11 is 7.09. The molecule has 1 fully saturated rings. The van der Waals surface area contributed by atoms with Gasteiger partial charge in [0.1, 0.15) is 12.4 Å². The normalized spacial score (nSPS) is 14.6. The molecule has 1 aromatic carbocycles. The molecule has 2 heterocycles.